The molecule has 0 unspecified atom stereocenters. The Labute approximate surface area is 91.1 Å². The molecule has 1 N–H and O–H groups in total. The summed E-state index contributed by atoms with van der Waals surface area (Å²) in [6.07, 6.45) is 0. The highest BCUT2D eigenvalue weighted by Crippen LogP contribution is 2.23. The molecule has 3 heteroatoms. The first-order chi connectivity index (χ1) is 6.40. The number of hydrogen-bond donors (Lipinski definition) is 1. The van der Waals surface area contributed by atoms with Crippen LogP contribution in [0, 0.1) is 0 Å². The van der Waals surface area contributed by atoms with Crippen molar-refractivity contribution >= 4 is 12.4 Å². The van der Waals surface area contributed by atoms with Crippen LogP contribution >= 0.6 is 12.4 Å². The Morgan fingerprint density at radius 2 is 2.21 bits per heavy atom. The Morgan fingerprint density at radius 3 is 2.79 bits per heavy atom. The summed E-state index contributed by atoms with van der Waals surface area (Å²) in [6.45, 7) is 4.97. The van der Waals surface area contributed by atoms with Crippen LogP contribution in [0.1, 0.15) is 18.4 Å². The Bertz CT molecular complexity index is 286. The molecule has 0 radical (unpaired) electrons. The minimum absolute atomic E-state index is 0. The smallest absolute Gasteiger partial charge is 0.119 e. The van der Waals surface area contributed by atoms with Crippen molar-refractivity contribution in [3.05, 3.63) is 29.8 Å². The third-order valence-corrected chi connectivity index (χ3v) is 2.42. The van der Waals surface area contributed by atoms with Gasteiger partial charge in [-0.1, -0.05) is 12.1 Å². The van der Waals surface area contributed by atoms with E-state index in [9.17, 15) is 0 Å². The van der Waals surface area contributed by atoms with Gasteiger partial charge in [-0.2, -0.15) is 0 Å². The lowest BCUT2D eigenvalue weighted by Crippen LogP contribution is -2.39. The number of hydrogen-bond acceptors (Lipinski definition) is 2. The fraction of sp³-hybridized carbons (Fsp3) is 0.455. The van der Waals surface area contributed by atoms with Gasteiger partial charge in [-0.15, -0.1) is 12.4 Å². The Kier molecular flexibility index (Phi) is 4.23. The summed E-state index contributed by atoms with van der Waals surface area (Å²) in [4.78, 5) is 0. The zero-order chi connectivity index (χ0) is 9.10. The van der Waals surface area contributed by atoms with Gasteiger partial charge in [0.2, 0.25) is 0 Å². The molecule has 0 spiro atoms. The predicted molar refractivity (Wildman–Crippen MR) is 60.5 cm³/mol. The van der Waals surface area contributed by atoms with Crippen LogP contribution in [0.5, 0.6) is 5.75 Å². The zero-order valence-electron chi connectivity index (χ0n) is 8.32. The van der Waals surface area contributed by atoms with E-state index in [-0.39, 0.29) is 12.4 Å². The molecule has 1 aromatic carbocycles. The summed E-state index contributed by atoms with van der Waals surface area (Å²) >= 11 is 0. The van der Waals surface area contributed by atoms with Crippen molar-refractivity contribution in [1.29, 1.82) is 0 Å². The van der Waals surface area contributed by atoms with E-state index in [1.807, 2.05) is 13.0 Å². The molecule has 14 heavy (non-hydrogen) atoms. The average molecular weight is 214 g/mol. The molecule has 0 atom stereocenters. The van der Waals surface area contributed by atoms with Crippen LogP contribution in [0.25, 0.3) is 0 Å². The van der Waals surface area contributed by atoms with Crippen LogP contribution in [0.4, 0.5) is 0 Å². The van der Waals surface area contributed by atoms with Crippen molar-refractivity contribution in [3.63, 3.8) is 0 Å². The molecule has 0 aliphatic carbocycles. The van der Waals surface area contributed by atoms with Crippen LogP contribution in [0.15, 0.2) is 24.3 Å². The van der Waals surface area contributed by atoms with Crippen LogP contribution in [-0.2, 0) is 0 Å². The maximum Gasteiger partial charge on any atom is 0.119 e. The minimum Gasteiger partial charge on any atom is -0.494 e. The van der Waals surface area contributed by atoms with E-state index in [0.29, 0.717) is 5.92 Å². The van der Waals surface area contributed by atoms with E-state index in [0.717, 1.165) is 25.4 Å². The van der Waals surface area contributed by atoms with Gasteiger partial charge in [0.05, 0.1) is 6.61 Å². The number of benzene rings is 1. The van der Waals surface area contributed by atoms with Gasteiger partial charge in [0, 0.05) is 19.0 Å². The van der Waals surface area contributed by atoms with E-state index in [1.54, 1.807) is 0 Å². The second kappa shape index (κ2) is 5.23. The highest BCUT2D eigenvalue weighted by atomic mass is 35.5. The highest BCUT2D eigenvalue weighted by molar-refractivity contribution is 5.85. The van der Waals surface area contributed by atoms with Gasteiger partial charge >= 0.3 is 0 Å². The van der Waals surface area contributed by atoms with Gasteiger partial charge in [0.15, 0.2) is 0 Å². The second-order valence-corrected chi connectivity index (χ2v) is 3.36. The van der Waals surface area contributed by atoms with E-state index in [2.05, 4.69) is 23.5 Å². The van der Waals surface area contributed by atoms with Crippen LogP contribution < -0.4 is 10.1 Å². The molecule has 0 aromatic heterocycles. The molecule has 1 heterocycles. The van der Waals surface area contributed by atoms with Gasteiger partial charge in [0.1, 0.15) is 5.75 Å². The van der Waals surface area contributed by atoms with Crippen molar-refractivity contribution in [3.8, 4) is 5.75 Å². The third kappa shape index (κ3) is 2.40. The molecule has 2 nitrogen and oxygen atoms in total. The highest BCUT2D eigenvalue weighted by Gasteiger charge is 2.18. The van der Waals surface area contributed by atoms with E-state index >= 15 is 0 Å². The number of halogens is 1. The SMILES string of the molecule is CCOc1cccc(C2CNC2)c1.Cl. The first-order valence-corrected chi connectivity index (χ1v) is 4.83. The van der Waals surface area contributed by atoms with Crippen molar-refractivity contribution in [2.24, 2.45) is 0 Å². The summed E-state index contributed by atoms with van der Waals surface area (Å²) in [6, 6.07) is 8.40. The monoisotopic (exact) mass is 213 g/mol. The van der Waals surface area contributed by atoms with Gasteiger partial charge in [-0.05, 0) is 24.6 Å². The molecule has 2 rings (SSSR count). The molecule has 0 bridgehead atoms. The number of ether oxygens (including phenoxy) is 1. The van der Waals surface area contributed by atoms with Crippen molar-refractivity contribution in [2.75, 3.05) is 19.7 Å². The Balaban J connectivity index is 0.000000980. The van der Waals surface area contributed by atoms with Crippen LogP contribution in [0.3, 0.4) is 0 Å². The van der Waals surface area contributed by atoms with E-state index < -0.39 is 0 Å². The largest absolute Gasteiger partial charge is 0.494 e. The summed E-state index contributed by atoms with van der Waals surface area (Å²) in [5.74, 6) is 1.69. The summed E-state index contributed by atoms with van der Waals surface area (Å²) < 4.78 is 5.44. The molecular weight excluding hydrogens is 198 g/mol. The molecule has 78 valence electrons. The Hall–Kier alpha value is -0.730. The lowest BCUT2D eigenvalue weighted by Gasteiger charge is -2.27. The van der Waals surface area contributed by atoms with Gasteiger partial charge < -0.3 is 10.1 Å². The van der Waals surface area contributed by atoms with Gasteiger partial charge in [-0.3, -0.25) is 0 Å². The maximum absolute atomic E-state index is 5.44. The van der Waals surface area contributed by atoms with Crippen molar-refractivity contribution in [1.82, 2.24) is 5.32 Å². The summed E-state index contributed by atoms with van der Waals surface area (Å²) in [5.41, 5.74) is 1.39. The molecule has 1 aliphatic heterocycles. The van der Waals surface area contributed by atoms with Crippen LogP contribution in [0.2, 0.25) is 0 Å². The van der Waals surface area contributed by atoms with Crippen LogP contribution in [-0.4, -0.2) is 19.7 Å². The minimum atomic E-state index is 0. The Morgan fingerprint density at radius 1 is 1.43 bits per heavy atom. The fourth-order valence-corrected chi connectivity index (χ4v) is 1.55. The fourth-order valence-electron chi connectivity index (χ4n) is 1.55. The molecule has 1 aromatic rings. The van der Waals surface area contributed by atoms with Crippen molar-refractivity contribution in [2.45, 2.75) is 12.8 Å². The van der Waals surface area contributed by atoms with Crippen molar-refractivity contribution < 1.29 is 4.74 Å². The first kappa shape index (κ1) is 11.3. The molecule has 1 fully saturated rings. The summed E-state index contributed by atoms with van der Waals surface area (Å²) in [5, 5.41) is 3.27. The standard InChI is InChI=1S/C11H15NO.ClH/c1-2-13-11-5-3-4-9(6-11)10-7-12-8-10;/h3-6,10,12H,2,7-8H2,1H3;1H. The van der Waals surface area contributed by atoms with E-state index in [4.69, 9.17) is 4.74 Å². The number of rotatable bonds is 3. The normalized spacial score (nSPS) is 15.5. The quantitative estimate of drug-likeness (QED) is 0.831. The molecule has 1 aliphatic rings. The molecule has 0 saturated carbocycles. The summed E-state index contributed by atoms with van der Waals surface area (Å²) in [7, 11) is 0. The van der Waals surface area contributed by atoms with Gasteiger partial charge in [-0.25, -0.2) is 0 Å². The first-order valence-electron chi connectivity index (χ1n) is 4.83. The molecular formula is C11H16ClNO. The molecule has 1 saturated heterocycles. The third-order valence-electron chi connectivity index (χ3n) is 2.42. The lowest BCUT2D eigenvalue weighted by molar-refractivity contribution is 0.339. The van der Waals surface area contributed by atoms with E-state index in [1.165, 1.54) is 5.56 Å². The average Bonchev–Trinajstić information content (AvgIpc) is 2.02. The lowest BCUT2D eigenvalue weighted by atomic mass is 9.94. The topological polar surface area (TPSA) is 21.3 Å². The van der Waals surface area contributed by atoms with Gasteiger partial charge in [0.25, 0.3) is 0 Å². The molecule has 0 amide bonds. The number of nitrogens with one attached hydrogen (secondary N) is 1. The predicted octanol–water partition coefficient (Wildman–Crippen LogP) is 2.19. The zero-order valence-corrected chi connectivity index (χ0v) is 9.14. The maximum atomic E-state index is 5.44. The second-order valence-electron chi connectivity index (χ2n) is 3.36.